The number of halogens is 1. The van der Waals surface area contributed by atoms with E-state index in [0.717, 1.165) is 36.5 Å². The van der Waals surface area contributed by atoms with E-state index >= 15 is 0 Å². The first-order chi connectivity index (χ1) is 10.3. The Morgan fingerprint density at radius 3 is 2.90 bits per heavy atom. The Bertz CT molecular complexity index is 474. The number of nitrogens with zero attached hydrogens (tertiary/aromatic N) is 1. The Morgan fingerprint density at radius 2 is 2.10 bits per heavy atom. The number of piperidine rings is 1. The van der Waals surface area contributed by atoms with Gasteiger partial charge in [-0.1, -0.05) is 31.0 Å². The largest absolute Gasteiger partial charge is 0.368 e. The summed E-state index contributed by atoms with van der Waals surface area (Å²) in [5, 5.41) is 4.34. The van der Waals surface area contributed by atoms with Crippen molar-refractivity contribution in [3.63, 3.8) is 0 Å². The molecule has 2 atom stereocenters. The fourth-order valence-corrected chi connectivity index (χ4v) is 4.27. The molecule has 2 fully saturated rings. The molecule has 0 bridgehead atoms. The molecule has 2 unspecified atom stereocenters. The van der Waals surface area contributed by atoms with Gasteiger partial charge in [-0.15, -0.1) is 0 Å². The Morgan fingerprint density at radius 1 is 1.24 bits per heavy atom. The summed E-state index contributed by atoms with van der Waals surface area (Å²) in [6.07, 6.45) is 8.10. The van der Waals surface area contributed by atoms with Crippen LogP contribution in [0.1, 0.15) is 51.0 Å². The highest BCUT2D eigenvalue weighted by atomic mass is 35.5. The molecule has 2 nitrogen and oxygen atoms in total. The van der Waals surface area contributed by atoms with Gasteiger partial charge in [-0.2, -0.15) is 0 Å². The Hall–Kier alpha value is -0.730. The van der Waals surface area contributed by atoms with Gasteiger partial charge < -0.3 is 10.2 Å². The summed E-state index contributed by atoms with van der Waals surface area (Å²) in [4.78, 5) is 2.62. The van der Waals surface area contributed by atoms with E-state index in [1.807, 2.05) is 0 Å². The normalized spacial score (nSPS) is 25.1. The SMILES string of the molecule is CCCNCc1ccc(N2CCCC3CCCC32)cc1Cl. The average molecular weight is 307 g/mol. The second-order valence-electron chi connectivity index (χ2n) is 6.55. The Kier molecular flexibility index (Phi) is 5.07. The zero-order valence-corrected chi connectivity index (χ0v) is 13.8. The lowest BCUT2D eigenvalue weighted by molar-refractivity contribution is 0.362. The van der Waals surface area contributed by atoms with Crippen molar-refractivity contribution in [2.75, 3.05) is 18.0 Å². The van der Waals surface area contributed by atoms with Gasteiger partial charge in [0.15, 0.2) is 0 Å². The van der Waals surface area contributed by atoms with Crippen molar-refractivity contribution in [2.45, 2.75) is 58.0 Å². The minimum Gasteiger partial charge on any atom is -0.368 e. The van der Waals surface area contributed by atoms with Crippen LogP contribution in [0.4, 0.5) is 5.69 Å². The summed E-state index contributed by atoms with van der Waals surface area (Å²) in [5.74, 6) is 0.920. The van der Waals surface area contributed by atoms with Crippen LogP contribution in [-0.4, -0.2) is 19.1 Å². The molecule has 1 saturated heterocycles. The molecule has 0 radical (unpaired) electrons. The van der Waals surface area contributed by atoms with E-state index in [9.17, 15) is 0 Å². The molecule has 3 heteroatoms. The van der Waals surface area contributed by atoms with Crippen molar-refractivity contribution in [1.29, 1.82) is 0 Å². The topological polar surface area (TPSA) is 15.3 Å². The van der Waals surface area contributed by atoms with Crippen molar-refractivity contribution in [2.24, 2.45) is 5.92 Å². The molecule has 21 heavy (non-hydrogen) atoms. The van der Waals surface area contributed by atoms with Crippen LogP contribution >= 0.6 is 11.6 Å². The number of benzene rings is 1. The summed E-state index contributed by atoms with van der Waals surface area (Å²) < 4.78 is 0. The maximum Gasteiger partial charge on any atom is 0.0471 e. The molecular formula is C18H27ClN2. The second kappa shape index (κ2) is 7.02. The van der Waals surface area contributed by atoms with Crippen LogP contribution in [0, 0.1) is 5.92 Å². The first kappa shape index (κ1) is 15.2. The monoisotopic (exact) mass is 306 g/mol. The van der Waals surface area contributed by atoms with Crippen molar-refractivity contribution < 1.29 is 0 Å². The predicted octanol–water partition coefficient (Wildman–Crippen LogP) is 4.61. The highest BCUT2D eigenvalue weighted by Crippen LogP contribution is 2.39. The van der Waals surface area contributed by atoms with E-state index in [4.69, 9.17) is 11.6 Å². The predicted molar refractivity (Wildman–Crippen MR) is 91.2 cm³/mol. The average Bonchev–Trinajstić information content (AvgIpc) is 2.97. The molecule has 0 amide bonds. The molecule has 1 aliphatic heterocycles. The molecule has 0 aromatic heterocycles. The van der Waals surface area contributed by atoms with Gasteiger partial charge >= 0.3 is 0 Å². The van der Waals surface area contributed by atoms with Crippen LogP contribution < -0.4 is 10.2 Å². The van der Waals surface area contributed by atoms with E-state index in [1.165, 1.54) is 49.9 Å². The summed E-state index contributed by atoms with van der Waals surface area (Å²) in [6.45, 7) is 5.31. The lowest BCUT2D eigenvalue weighted by atomic mass is 9.91. The van der Waals surface area contributed by atoms with Crippen LogP contribution in [0.25, 0.3) is 0 Å². The van der Waals surface area contributed by atoms with Crippen LogP contribution in [0.5, 0.6) is 0 Å². The van der Waals surface area contributed by atoms with E-state index < -0.39 is 0 Å². The number of fused-ring (bicyclic) bond motifs is 1. The van der Waals surface area contributed by atoms with Gasteiger partial charge in [0.1, 0.15) is 0 Å². The third-order valence-corrected chi connectivity index (χ3v) is 5.46. The standard InChI is InChI=1S/C18H27ClN2/c1-2-10-20-13-15-8-9-16(12-17(15)19)21-11-4-6-14-5-3-7-18(14)21/h8-9,12,14,18,20H,2-7,10-11,13H2,1H3. The fraction of sp³-hybridized carbons (Fsp3) is 0.667. The Labute approximate surface area is 133 Å². The van der Waals surface area contributed by atoms with Crippen molar-refractivity contribution in [1.82, 2.24) is 5.32 Å². The zero-order chi connectivity index (χ0) is 14.7. The van der Waals surface area contributed by atoms with Gasteiger partial charge in [0, 0.05) is 29.8 Å². The molecule has 0 spiro atoms. The van der Waals surface area contributed by atoms with Gasteiger partial charge in [-0.05, 0) is 62.3 Å². The minimum absolute atomic E-state index is 0.763. The molecule has 2 aliphatic rings. The van der Waals surface area contributed by atoms with Crippen molar-refractivity contribution >= 4 is 17.3 Å². The smallest absolute Gasteiger partial charge is 0.0471 e. The highest BCUT2D eigenvalue weighted by molar-refractivity contribution is 6.31. The third-order valence-electron chi connectivity index (χ3n) is 5.10. The van der Waals surface area contributed by atoms with Crippen LogP contribution in [-0.2, 0) is 6.54 Å². The van der Waals surface area contributed by atoms with Crippen LogP contribution in [0.3, 0.4) is 0 Å². The first-order valence-electron chi connectivity index (χ1n) is 8.55. The molecule has 116 valence electrons. The maximum atomic E-state index is 6.50. The number of nitrogens with one attached hydrogen (secondary N) is 1. The van der Waals surface area contributed by atoms with Gasteiger partial charge in [0.2, 0.25) is 0 Å². The fourth-order valence-electron chi connectivity index (χ4n) is 4.03. The molecule has 1 aliphatic carbocycles. The quantitative estimate of drug-likeness (QED) is 0.799. The van der Waals surface area contributed by atoms with E-state index in [0.29, 0.717) is 0 Å². The maximum absolute atomic E-state index is 6.50. The van der Waals surface area contributed by atoms with E-state index in [-0.39, 0.29) is 0 Å². The number of hydrogen-bond donors (Lipinski definition) is 1. The molecule has 1 N–H and O–H groups in total. The van der Waals surface area contributed by atoms with Crippen LogP contribution in [0.15, 0.2) is 18.2 Å². The summed E-state index contributed by atoms with van der Waals surface area (Å²) in [5.41, 5.74) is 2.55. The van der Waals surface area contributed by atoms with E-state index in [1.54, 1.807) is 0 Å². The van der Waals surface area contributed by atoms with Gasteiger partial charge in [0.25, 0.3) is 0 Å². The molecule has 1 aromatic carbocycles. The van der Waals surface area contributed by atoms with Crippen molar-refractivity contribution in [3.05, 3.63) is 28.8 Å². The molecule has 3 rings (SSSR count). The first-order valence-corrected chi connectivity index (χ1v) is 8.93. The number of anilines is 1. The van der Waals surface area contributed by atoms with E-state index in [2.05, 4.69) is 35.3 Å². The second-order valence-corrected chi connectivity index (χ2v) is 6.95. The number of hydrogen-bond acceptors (Lipinski definition) is 2. The van der Waals surface area contributed by atoms with Gasteiger partial charge in [-0.3, -0.25) is 0 Å². The highest BCUT2D eigenvalue weighted by Gasteiger charge is 2.35. The molecule has 1 saturated carbocycles. The van der Waals surface area contributed by atoms with Gasteiger partial charge in [-0.25, -0.2) is 0 Å². The molecule has 1 aromatic rings. The van der Waals surface area contributed by atoms with Crippen molar-refractivity contribution in [3.8, 4) is 0 Å². The zero-order valence-electron chi connectivity index (χ0n) is 13.1. The Balaban J connectivity index is 1.72. The van der Waals surface area contributed by atoms with Gasteiger partial charge in [0.05, 0.1) is 0 Å². The molecular weight excluding hydrogens is 280 g/mol. The third kappa shape index (κ3) is 3.37. The lowest BCUT2D eigenvalue weighted by Gasteiger charge is -2.39. The number of rotatable bonds is 5. The lowest BCUT2D eigenvalue weighted by Crippen LogP contribution is -2.42. The minimum atomic E-state index is 0.763. The summed E-state index contributed by atoms with van der Waals surface area (Å²) >= 11 is 6.50. The summed E-state index contributed by atoms with van der Waals surface area (Å²) in [6, 6.07) is 7.43. The molecule has 1 heterocycles. The summed E-state index contributed by atoms with van der Waals surface area (Å²) in [7, 11) is 0. The van der Waals surface area contributed by atoms with Crippen LogP contribution in [0.2, 0.25) is 5.02 Å².